The average molecular weight is 416 g/mol. The first-order valence-electron chi connectivity index (χ1n) is 10.1. The van der Waals surface area contributed by atoms with Crippen LogP contribution in [-0.2, 0) is 21.6 Å². The molecule has 0 amide bonds. The Labute approximate surface area is 180 Å². The maximum absolute atomic E-state index is 12.3. The van der Waals surface area contributed by atoms with Crippen molar-refractivity contribution in [1.82, 2.24) is 0 Å². The lowest BCUT2D eigenvalue weighted by Gasteiger charge is -2.19. The second kappa shape index (κ2) is 8.26. The summed E-state index contributed by atoms with van der Waals surface area (Å²) in [7, 11) is 0. The normalized spacial score (nSPS) is 11.6. The number of hydrogen-bond acceptors (Lipinski definition) is 5. The van der Waals surface area contributed by atoms with Gasteiger partial charge in [-0.25, -0.2) is 9.59 Å². The van der Waals surface area contributed by atoms with Gasteiger partial charge in [0, 0.05) is 17.0 Å². The van der Waals surface area contributed by atoms with E-state index < -0.39 is 11.6 Å². The molecule has 0 aliphatic rings. The van der Waals surface area contributed by atoms with Crippen LogP contribution in [0.25, 0.3) is 21.7 Å². The number of benzene rings is 3. The van der Waals surface area contributed by atoms with Crippen molar-refractivity contribution >= 4 is 27.7 Å². The lowest BCUT2D eigenvalue weighted by atomic mass is 9.87. The highest BCUT2D eigenvalue weighted by atomic mass is 16.6. The van der Waals surface area contributed by atoms with Gasteiger partial charge in [-0.1, -0.05) is 63.2 Å². The van der Waals surface area contributed by atoms with Crippen LogP contribution >= 0.6 is 0 Å². The largest absolute Gasteiger partial charge is 0.482 e. The van der Waals surface area contributed by atoms with Crippen LogP contribution < -0.4 is 10.4 Å². The summed E-state index contributed by atoms with van der Waals surface area (Å²) < 4.78 is 16.3. The second-order valence-electron chi connectivity index (χ2n) is 8.47. The van der Waals surface area contributed by atoms with Gasteiger partial charge in [0.1, 0.15) is 17.9 Å². The van der Waals surface area contributed by atoms with Crippen LogP contribution in [0.15, 0.2) is 75.9 Å². The summed E-state index contributed by atoms with van der Waals surface area (Å²) in [5.41, 5.74) is 1.82. The molecule has 5 nitrogen and oxygen atoms in total. The van der Waals surface area contributed by atoms with E-state index in [1.54, 1.807) is 6.07 Å². The van der Waals surface area contributed by atoms with Crippen LogP contribution in [0.1, 0.15) is 31.9 Å². The molecule has 0 unspecified atom stereocenters. The summed E-state index contributed by atoms with van der Waals surface area (Å²) in [6, 6.07) is 20.5. The molecule has 31 heavy (non-hydrogen) atoms. The van der Waals surface area contributed by atoms with Gasteiger partial charge in [0.05, 0.1) is 0 Å². The molecule has 0 aliphatic heterocycles. The van der Waals surface area contributed by atoms with Crippen LogP contribution in [0.5, 0.6) is 5.75 Å². The standard InChI is InChI=1S/C26H24O5/c1-26(2,3)19-9-11-20(12-10-19)29-16-24(28)30-15-18-14-23(27)31-22-13-8-17-6-4-5-7-21(17)25(18)22/h4-14H,15-16H2,1-3H3. The summed E-state index contributed by atoms with van der Waals surface area (Å²) >= 11 is 0. The molecule has 0 N–H and O–H groups in total. The van der Waals surface area contributed by atoms with Crippen LogP contribution in [0.4, 0.5) is 0 Å². The molecule has 4 aromatic rings. The summed E-state index contributed by atoms with van der Waals surface area (Å²) in [5, 5.41) is 2.72. The van der Waals surface area contributed by atoms with Gasteiger partial charge < -0.3 is 13.9 Å². The molecule has 158 valence electrons. The van der Waals surface area contributed by atoms with Crippen LogP contribution in [0, 0.1) is 0 Å². The Balaban J connectivity index is 1.47. The quantitative estimate of drug-likeness (QED) is 0.249. The fraction of sp³-hybridized carbons (Fsp3) is 0.231. The third-order valence-corrected chi connectivity index (χ3v) is 5.18. The molecule has 0 atom stereocenters. The summed E-state index contributed by atoms with van der Waals surface area (Å²) in [6.07, 6.45) is 0. The zero-order chi connectivity index (χ0) is 22.0. The first kappa shape index (κ1) is 20.7. The minimum Gasteiger partial charge on any atom is -0.482 e. The van der Waals surface area contributed by atoms with E-state index in [1.165, 1.54) is 11.6 Å². The molecule has 3 aromatic carbocycles. The topological polar surface area (TPSA) is 65.7 Å². The van der Waals surface area contributed by atoms with Crippen molar-refractivity contribution in [3.8, 4) is 5.75 Å². The van der Waals surface area contributed by atoms with Gasteiger partial charge in [0.2, 0.25) is 0 Å². The minimum absolute atomic E-state index is 0.0404. The third kappa shape index (κ3) is 4.61. The van der Waals surface area contributed by atoms with Crippen molar-refractivity contribution in [3.63, 3.8) is 0 Å². The average Bonchev–Trinajstić information content (AvgIpc) is 2.75. The van der Waals surface area contributed by atoms with Gasteiger partial charge in [-0.15, -0.1) is 0 Å². The third-order valence-electron chi connectivity index (χ3n) is 5.18. The van der Waals surface area contributed by atoms with Crippen molar-refractivity contribution in [3.05, 3.63) is 88.3 Å². The molecule has 0 saturated heterocycles. The van der Waals surface area contributed by atoms with Gasteiger partial charge in [-0.2, -0.15) is 0 Å². The fourth-order valence-corrected chi connectivity index (χ4v) is 3.53. The van der Waals surface area contributed by atoms with E-state index in [1.807, 2.05) is 54.6 Å². The van der Waals surface area contributed by atoms with Gasteiger partial charge in [0.15, 0.2) is 6.61 Å². The monoisotopic (exact) mass is 416 g/mol. The molecule has 0 fully saturated rings. The lowest BCUT2D eigenvalue weighted by molar-refractivity contribution is -0.147. The van der Waals surface area contributed by atoms with Crippen molar-refractivity contribution in [1.29, 1.82) is 0 Å². The second-order valence-corrected chi connectivity index (χ2v) is 8.47. The van der Waals surface area contributed by atoms with Crippen LogP contribution in [0.3, 0.4) is 0 Å². The predicted molar refractivity (Wildman–Crippen MR) is 120 cm³/mol. The molecule has 0 spiro atoms. The zero-order valence-corrected chi connectivity index (χ0v) is 17.8. The molecular formula is C26H24O5. The zero-order valence-electron chi connectivity index (χ0n) is 17.8. The van der Waals surface area contributed by atoms with Crippen LogP contribution in [0.2, 0.25) is 0 Å². The van der Waals surface area contributed by atoms with E-state index in [4.69, 9.17) is 13.9 Å². The molecule has 1 aromatic heterocycles. The van der Waals surface area contributed by atoms with Gasteiger partial charge >= 0.3 is 11.6 Å². The van der Waals surface area contributed by atoms with Crippen LogP contribution in [-0.4, -0.2) is 12.6 Å². The molecule has 1 heterocycles. The maximum Gasteiger partial charge on any atom is 0.344 e. The Morgan fingerprint density at radius 3 is 2.45 bits per heavy atom. The van der Waals surface area contributed by atoms with Crippen molar-refractivity contribution in [2.45, 2.75) is 32.8 Å². The Bertz CT molecular complexity index is 1290. The van der Waals surface area contributed by atoms with Crippen molar-refractivity contribution in [2.75, 3.05) is 6.61 Å². The highest BCUT2D eigenvalue weighted by Gasteiger charge is 2.14. The Hall–Kier alpha value is -3.60. The number of fused-ring (bicyclic) bond motifs is 3. The Morgan fingerprint density at radius 2 is 1.71 bits per heavy atom. The first-order chi connectivity index (χ1) is 14.8. The molecule has 5 heteroatoms. The molecular weight excluding hydrogens is 392 g/mol. The van der Waals surface area contributed by atoms with E-state index in [0.29, 0.717) is 16.9 Å². The smallest absolute Gasteiger partial charge is 0.344 e. The number of carbonyl (C=O) groups excluding carboxylic acids is 1. The van der Waals surface area contributed by atoms with E-state index in [0.717, 1.165) is 16.2 Å². The molecule has 4 rings (SSSR count). The maximum atomic E-state index is 12.3. The summed E-state index contributed by atoms with van der Waals surface area (Å²) in [6.45, 7) is 6.15. The van der Waals surface area contributed by atoms with E-state index >= 15 is 0 Å². The highest BCUT2D eigenvalue weighted by Crippen LogP contribution is 2.28. The number of hydrogen-bond donors (Lipinski definition) is 0. The fourth-order valence-electron chi connectivity index (χ4n) is 3.53. The summed E-state index contributed by atoms with van der Waals surface area (Å²) in [5.74, 6) is 0.0864. The molecule has 0 saturated carbocycles. The van der Waals surface area contributed by atoms with Gasteiger partial charge in [-0.05, 0) is 39.9 Å². The Kier molecular flexibility index (Phi) is 5.51. The van der Waals surface area contributed by atoms with Crippen molar-refractivity contribution in [2.24, 2.45) is 0 Å². The molecule has 0 bridgehead atoms. The number of ether oxygens (including phenoxy) is 2. The first-order valence-corrected chi connectivity index (χ1v) is 10.1. The highest BCUT2D eigenvalue weighted by molar-refractivity contribution is 6.07. The molecule has 0 radical (unpaired) electrons. The van der Waals surface area contributed by atoms with Gasteiger partial charge in [-0.3, -0.25) is 0 Å². The minimum atomic E-state index is -0.512. The summed E-state index contributed by atoms with van der Waals surface area (Å²) in [4.78, 5) is 24.2. The predicted octanol–water partition coefficient (Wildman–Crippen LogP) is 5.37. The SMILES string of the molecule is CC(C)(C)c1ccc(OCC(=O)OCc2cc(=O)oc3ccc4ccccc4c23)cc1. The van der Waals surface area contributed by atoms with E-state index in [9.17, 15) is 9.59 Å². The number of carbonyl (C=O) groups is 1. The lowest BCUT2D eigenvalue weighted by Crippen LogP contribution is -2.16. The van der Waals surface area contributed by atoms with Crippen molar-refractivity contribution < 1.29 is 18.7 Å². The Morgan fingerprint density at radius 1 is 0.968 bits per heavy atom. The molecule has 0 aliphatic carbocycles. The van der Waals surface area contributed by atoms with E-state index in [2.05, 4.69) is 20.8 Å². The van der Waals surface area contributed by atoms with Gasteiger partial charge in [0.25, 0.3) is 0 Å². The van der Waals surface area contributed by atoms with E-state index in [-0.39, 0.29) is 18.6 Å². The number of esters is 1. The number of rotatable bonds is 5.